The predicted molar refractivity (Wildman–Crippen MR) is 90.0 cm³/mol. The second kappa shape index (κ2) is 7.20. The molecule has 0 bridgehead atoms. The zero-order valence-corrected chi connectivity index (χ0v) is 14.7. The molecule has 5 nitrogen and oxygen atoms in total. The normalized spacial score (nSPS) is 30.7. The van der Waals surface area contributed by atoms with Crippen LogP contribution < -0.4 is 0 Å². The molecular weight excluding hydrogens is 290 g/mol. The number of hydrogen-bond acceptors (Lipinski definition) is 3. The van der Waals surface area contributed by atoms with Crippen LogP contribution >= 0.6 is 0 Å². The molecule has 0 aromatic carbocycles. The van der Waals surface area contributed by atoms with Gasteiger partial charge in [-0.15, -0.1) is 0 Å². The molecule has 0 saturated carbocycles. The molecule has 3 saturated heterocycles. The summed E-state index contributed by atoms with van der Waals surface area (Å²) in [5.41, 5.74) is 0. The van der Waals surface area contributed by atoms with Gasteiger partial charge in [0.15, 0.2) is 0 Å². The highest BCUT2D eigenvalue weighted by molar-refractivity contribution is 5.73. The van der Waals surface area contributed by atoms with Crippen LogP contribution in [0.3, 0.4) is 0 Å². The van der Waals surface area contributed by atoms with E-state index in [1.165, 1.54) is 25.8 Å². The van der Waals surface area contributed by atoms with Crippen molar-refractivity contribution in [1.82, 2.24) is 14.7 Å². The summed E-state index contributed by atoms with van der Waals surface area (Å²) in [6.45, 7) is 8.26. The first-order valence-electron chi connectivity index (χ1n) is 9.33. The molecule has 0 aromatic rings. The van der Waals surface area contributed by atoms with Crippen LogP contribution in [0.4, 0.5) is 0 Å². The van der Waals surface area contributed by atoms with Crippen molar-refractivity contribution in [2.45, 2.75) is 64.5 Å². The lowest BCUT2D eigenvalue weighted by molar-refractivity contribution is -0.132. The molecule has 0 N–H and O–H groups in total. The number of hydrogen-bond donors (Lipinski definition) is 0. The van der Waals surface area contributed by atoms with Gasteiger partial charge in [-0.05, 0) is 44.6 Å². The van der Waals surface area contributed by atoms with Crippen molar-refractivity contribution in [3.05, 3.63) is 0 Å². The summed E-state index contributed by atoms with van der Waals surface area (Å²) >= 11 is 0. The maximum atomic E-state index is 11.7. The molecule has 0 aromatic heterocycles. The van der Waals surface area contributed by atoms with E-state index in [4.69, 9.17) is 0 Å². The molecule has 2 amide bonds. The molecule has 3 rings (SSSR count). The molecule has 2 atom stereocenters. The Labute approximate surface area is 140 Å². The van der Waals surface area contributed by atoms with Gasteiger partial charge < -0.3 is 9.80 Å². The number of amides is 2. The Kier molecular flexibility index (Phi) is 5.24. The molecular formula is C18H31N3O2. The fraction of sp³-hybridized carbons (Fsp3) is 0.889. The molecule has 3 heterocycles. The number of rotatable bonds is 1. The van der Waals surface area contributed by atoms with Gasteiger partial charge in [0.2, 0.25) is 11.8 Å². The second-order valence-corrected chi connectivity index (χ2v) is 7.55. The van der Waals surface area contributed by atoms with Crippen molar-refractivity contribution in [1.29, 1.82) is 0 Å². The maximum absolute atomic E-state index is 11.7. The highest BCUT2D eigenvalue weighted by atomic mass is 16.2. The van der Waals surface area contributed by atoms with Crippen LogP contribution in [0.2, 0.25) is 0 Å². The van der Waals surface area contributed by atoms with E-state index in [1.54, 1.807) is 13.8 Å². The Morgan fingerprint density at radius 1 is 0.783 bits per heavy atom. The first kappa shape index (κ1) is 16.7. The van der Waals surface area contributed by atoms with Gasteiger partial charge in [-0.1, -0.05) is 6.42 Å². The van der Waals surface area contributed by atoms with Gasteiger partial charge in [-0.2, -0.15) is 0 Å². The third-order valence-electron chi connectivity index (χ3n) is 6.19. The largest absolute Gasteiger partial charge is 0.343 e. The minimum Gasteiger partial charge on any atom is -0.343 e. The molecule has 3 aliphatic rings. The van der Waals surface area contributed by atoms with E-state index >= 15 is 0 Å². The Balaban J connectivity index is 1.65. The molecule has 130 valence electrons. The van der Waals surface area contributed by atoms with Crippen LogP contribution in [0.1, 0.15) is 52.4 Å². The van der Waals surface area contributed by atoms with Crippen molar-refractivity contribution in [2.24, 2.45) is 5.92 Å². The summed E-state index contributed by atoms with van der Waals surface area (Å²) < 4.78 is 0. The SMILES string of the molecule is CC(=O)N1CCC(N2CCCC[C@@H]3CN(C(C)=O)CC[C@H]32)CC1. The molecule has 0 spiro atoms. The van der Waals surface area contributed by atoms with E-state index < -0.39 is 0 Å². The number of nitrogens with zero attached hydrogens (tertiary/aromatic N) is 3. The number of piperidine rings is 2. The van der Waals surface area contributed by atoms with E-state index in [2.05, 4.69) is 4.90 Å². The Morgan fingerprint density at radius 3 is 2.09 bits per heavy atom. The lowest BCUT2D eigenvalue weighted by atomic mass is 9.86. The monoisotopic (exact) mass is 321 g/mol. The molecule has 0 aliphatic carbocycles. The van der Waals surface area contributed by atoms with Crippen LogP contribution in [0.5, 0.6) is 0 Å². The summed E-state index contributed by atoms with van der Waals surface area (Å²) in [5, 5.41) is 0. The highest BCUT2D eigenvalue weighted by Gasteiger charge is 2.38. The summed E-state index contributed by atoms with van der Waals surface area (Å²) in [7, 11) is 0. The van der Waals surface area contributed by atoms with Crippen molar-refractivity contribution < 1.29 is 9.59 Å². The fourth-order valence-electron chi connectivity index (χ4n) is 4.86. The summed E-state index contributed by atoms with van der Waals surface area (Å²) in [4.78, 5) is 30.0. The van der Waals surface area contributed by atoms with Gasteiger partial charge in [0.1, 0.15) is 0 Å². The average molecular weight is 321 g/mol. The van der Waals surface area contributed by atoms with E-state index in [9.17, 15) is 9.59 Å². The number of fused-ring (bicyclic) bond motifs is 1. The lowest BCUT2D eigenvalue weighted by Gasteiger charge is -2.47. The minimum absolute atomic E-state index is 0.215. The molecule has 3 fully saturated rings. The Morgan fingerprint density at radius 2 is 1.43 bits per heavy atom. The van der Waals surface area contributed by atoms with Gasteiger partial charge in [0, 0.05) is 52.1 Å². The van der Waals surface area contributed by atoms with Crippen molar-refractivity contribution in [3.63, 3.8) is 0 Å². The Hall–Kier alpha value is -1.10. The van der Waals surface area contributed by atoms with Crippen LogP contribution in [-0.4, -0.2) is 71.3 Å². The third-order valence-corrected chi connectivity index (χ3v) is 6.19. The van der Waals surface area contributed by atoms with Gasteiger partial charge in [0.05, 0.1) is 0 Å². The van der Waals surface area contributed by atoms with Gasteiger partial charge in [0.25, 0.3) is 0 Å². The number of carbonyl (C=O) groups excluding carboxylic acids is 2. The molecule has 0 unspecified atom stereocenters. The van der Waals surface area contributed by atoms with Crippen LogP contribution in [-0.2, 0) is 9.59 Å². The standard InChI is InChI=1S/C18H31N3O2/c1-14(22)19-10-6-17(7-11-19)21-9-4-3-5-16-13-20(15(2)23)12-8-18(16)21/h16-18H,3-13H2,1-2H3/t16-,18-/m1/s1. The predicted octanol–water partition coefficient (Wildman–Crippen LogP) is 1.72. The van der Waals surface area contributed by atoms with Crippen molar-refractivity contribution in [3.8, 4) is 0 Å². The molecule has 3 aliphatic heterocycles. The van der Waals surface area contributed by atoms with Gasteiger partial charge in [-0.25, -0.2) is 0 Å². The van der Waals surface area contributed by atoms with Crippen molar-refractivity contribution in [2.75, 3.05) is 32.7 Å². The summed E-state index contributed by atoms with van der Waals surface area (Å²) in [6.07, 6.45) is 7.17. The summed E-state index contributed by atoms with van der Waals surface area (Å²) in [6, 6.07) is 1.27. The average Bonchev–Trinajstić information content (AvgIpc) is 2.76. The first-order valence-corrected chi connectivity index (χ1v) is 9.33. The highest BCUT2D eigenvalue weighted by Crippen LogP contribution is 2.33. The van der Waals surface area contributed by atoms with Crippen LogP contribution in [0.15, 0.2) is 0 Å². The topological polar surface area (TPSA) is 43.9 Å². The first-order chi connectivity index (χ1) is 11.1. The number of likely N-dealkylation sites (tertiary alicyclic amines) is 3. The molecule has 23 heavy (non-hydrogen) atoms. The van der Waals surface area contributed by atoms with E-state index in [0.717, 1.165) is 45.4 Å². The molecule has 0 radical (unpaired) electrons. The maximum Gasteiger partial charge on any atom is 0.219 e. The zero-order chi connectivity index (χ0) is 16.4. The Bertz CT molecular complexity index is 446. The quantitative estimate of drug-likeness (QED) is 0.739. The van der Waals surface area contributed by atoms with E-state index in [-0.39, 0.29) is 11.8 Å². The van der Waals surface area contributed by atoms with Crippen LogP contribution in [0.25, 0.3) is 0 Å². The van der Waals surface area contributed by atoms with Gasteiger partial charge in [-0.3, -0.25) is 14.5 Å². The second-order valence-electron chi connectivity index (χ2n) is 7.55. The lowest BCUT2D eigenvalue weighted by Crippen LogP contribution is -2.56. The van der Waals surface area contributed by atoms with Crippen LogP contribution in [0, 0.1) is 5.92 Å². The summed E-state index contributed by atoms with van der Waals surface area (Å²) in [5.74, 6) is 1.09. The molecule has 5 heteroatoms. The number of carbonyl (C=O) groups is 2. The minimum atomic E-state index is 0.215. The van der Waals surface area contributed by atoms with E-state index in [1.807, 2.05) is 9.80 Å². The zero-order valence-electron chi connectivity index (χ0n) is 14.7. The van der Waals surface area contributed by atoms with Crippen molar-refractivity contribution >= 4 is 11.8 Å². The smallest absolute Gasteiger partial charge is 0.219 e. The van der Waals surface area contributed by atoms with E-state index in [0.29, 0.717) is 18.0 Å². The fourth-order valence-corrected chi connectivity index (χ4v) is 4.86. The third kappa shape index (κ3) is 3.70. The van der Waals surface area contributed by atoms with Gasteiger partial charge >= 0.3 is 0 Å².